The molecule has 3 aromatic rings. The van der Waals surface area contributed by atoms with Crippen molar-refractivity contribution in [1.82, 2.24) is 9.55 Å². The second-order valence-electron chi connectivity index (χ2n) is 11.7. The lowest BCUT2D eigenvalue weighted by Gasteiger charge is -2.39. The Kier molecular flexibility index (Phi) is 5.50. The van der Waals surface area contributed by atoms with Gasteiger partial charge in [-0.25, -0.2) is 9.78 Å². The molecule has 2 aliphatic heterocycles. The Bertz CT molecular complexity index is 1470. The fraction of sp³-hybridized carbons (Fsp3) is 0.464. The van der Waals surface area contributed by atoms with Crippen LogP contribution in [0.25, 0.3) is 22.3 Å². The van der Waals surface area contributed by atoms with Gasteiger partial charge in [-0.15, -0.1) is 0 Å². The fourth-order valence-electron chi connectivity index (χ4n) is 5.48. The quantitative estimate of drug-likeness (QED) is 0.304. The van der Waals surface area contributed by atoms with Crippen molar-refractivity contribution in [1.29, 1.82) is 0 Å². The summed E-state index contributed by atoms with van der Waals surface area (Å²) >= 11 is 0. The fourth-order valence-corrected chi connectivity index (χ4v) is 7.62. The van der Waals surface area contributed by atoms with Gasteiger partial charge in [0.15, 0.2) is 5.60 Å². The zero-order valence-electron chi connectivity index (χ0n) is 22.1. The highest BCUT2D eigenvalue weighted by molar-refractivity contribution is 6.77. The van der Waals surface area contributed by atoms with Crippen LogP contribution in [0.1, 0.15) is 50.8 Å². The van der Waals surface area contributed by atoms with Crippen molar-refractivity contribution < 1.29 is 19.4 Å². The topological polar surface area (TPSA) is 90.7 Å². The molecule has 4 heterocycles. The number of carbonyl (C=O) groups excluding carboxylic acids is 1. The second kappa shape index (κ2) is 8.01. The summed E-state index contributed by atoms with van der Waals surface area (Å²) < 4.78 is 13.5. The molecule has 0 radical (unpaired) electrons. The number of nitrogens with zero attached hydrogens (tertiary/aromatic N) is 2. The minimum absolute atomic E-state index is 0.113. The maximum absolute atomic E-state index is 13.4. The van der Waals surface area contributed by atoms with Crippen LogP contribution in [-0.2, 0) is 28.3 Å². The number of esters is 1. The smallest absolute Gasteiger partial charge is 0.343 e. The molecule has 0 saturated carbocycles. The summed E-state index contributed by atoms with van der Waals surface area (Å²) in [5.41, 5.74) is 1.48. The lowest BCUT2D eigenvalue weighted by atomic mass is 9.86. The summed E-state index contributed by atoms with van der Waals surface area (Å²) in [5, 5.41) is 12.0. The van der Waals surface area contributed by atoms with Gasteiger partial charge in [0, 0.05) is 16.5 Å². The number of fused-ring (bicyclic) bond motifs is 5. The predicted molar refractivity (Wildman–Crippen MR) is 142 cm³/mol. The monoisotopic (exact) mass is 506 g/mol. The minimum Gasteiger partial charge on any atom is -0.486 e. The minimum atomic E-state index is -1.84. The maximum atomic E-state index is 13.4. The Morgan fingerprint density at radius 2 is 1.97 bits per heavy atom. The summed E-state index contributed by atoms with van der Waals surface area (Å²) in [6, 6.07) is 9.72. The Morgan fingerprint density at radius 3 is 2.64 bits per heavy atom. The van der Waals surface area contributed by atoms with Crippen LogP contribution in [-0.4, -0.2) is 34.3 Å². The van der Waals surface area contributed by atoms with Crippen LogP contribution < -0.4 is 10.3 Å². The number of ether oxygens (including phenoxy) is 2. The van der Waals surface area contributed by atoms with Crippen molar-refractivity contribution in [3.05, 3.63) is 57.4 Å². The molecule has 1 unspecified atom stereocenters. The van der Waals surface area contributed by atoms with Crippen LogP contribution in [0.4, 0.5) is 0 Å². The first-order valence-electron chi connectivity index (χ1n) is 12.6. The van der Waals surface area contributed by atoms with Gasteiger partial charge in [-0.1, -0.05) is 45.6 Å². The standard InChI is InChI=1S/C28H34N2O5Si/c1-8-28(33)20-13-21-23-18(14-30(21)25(31)19(20)15-34-26(28)32)12-17-10-9-11-22(24(17)29-23)35-27(3,4)16(2)36(5,6)7/h9-13,16,33H,8,14-15H2,1-7H3/t16?,28-/m0/s1. The molecule has 0 fully saturated rings. The predicted octanol–water partition coefficient (Wildman–Crippen LogP) is 4.97. The molecule has 190 valence electrons. The Morgan fingerprint density at radius 1 is 1.25 bits per heavy atom. The highest BCUT2D eigenvalue weighted by atomic mass is 28.3. The van der Waals surface area contributed by atoms with E-state index in [1.807, 2.05) is 18.2 Å². The van der Waals surface area contributed by atoms with Gasteiger partial charge in [0.2, 0.25) is 0 Å². The van der Waals surface area contributed by atoms with Crippen molar-refractivity contribution in [2.24, 2.45) is 0 Å². The van der Waals surface area contributed by atoms with E-state index in [4.69, 9.17) is 14.5 Å². The summed E-state index contributed by atoms with van der Waals surface area (Å²) in [6.07, 6.45) is 0.113. The van der Waals surface area contributed by atoms with Gasteiger partial charge in [-0.05, 0) is 44.0 Å². The maximum Gasteiger partial charge on any atom is 0.343 e. The third-order valence-corrected chi connectivity index (χ3v) is 11.5. The van der Waals surface area contributed by atoms with Crippen LogP contribution >= 0.6 is 0 Å². The molecule has 36 heavy (non-hydrogen) atoms. The van der Waals surface area contributed by atoms with Gasteiger partial charge >= 0.3 is 5.97 Å². The third-order valence-electron chi connectivity index (χ3n) is 8.22. The van der Waals surface area contributed by atoms with Crippen molar-refractivity contribution in [2.75, 3.05) is 0 Å². The molecule has 5 rings (SSSR count). The molecule has 0 spiro atoms. The first-order chi connectivity index (χ1) is 16.8. The van der Waals surface area contributed by atoms with Crippen LogP contribution in [0, 0.1) is 0 Å². The van der Waals surface area contributed by atoms with Gasteiger partial charge in [0.1, 0.15) is 23.5 Å². The van der Waals surface area contributed by atoms with Crippen molar-refractivity contribution in [3.8, 4) is 17.1 Å². The van der Waals surface area contributed by atoms with Crippen molar-refractivity contribution in [2.45, 2.75) is 83.7 Å². The van der Waals surface area contributed by atoms with Crippen LogP contribution in [0.2, 0.25) is 25.2 Å². The number of hydrogen-bond acceptors (Lipinski definition) is 6. The molecule has 0 amide bonds. The van der Waals surface area contributed by atoms with Gasteiger partial charge in [-0.2, -0.15) is 0 Å². The first kappa shape index (κ1) is 24.7. The lowest BCUT2D eigenvalue weighted by Crippen LogP contribution is -2.44. The van der Waals surface area contributed by atoms with Gasteiger partial charge < -0.3 is 19.1 Å². The molecule has 1 N–H and O–H groups in total. The Hall–Kier alpha value is -2.97. The average Bonchev–Trinajstić information content (AvgIpc) is 3.17. The molecule has 1 aromatic carbocycles. The summed E-state index contributed by atoms with van der Waals surface area (Å²) in [7, 11) is -1.47. The number of benzene rings is 1. The van der Waals surface area contributed by atoms with E-state index >= 15 is 0 Å². The van der Waals surface area contributed by atoms with E-state index in [2.05, 4.69) is 46.5 Å². The van der Waals surface area contributed by atoms with E-state index in [1.54, 1.807) is 17.6 Å². The molecule has 8 heteroatoms. The normalized spacial score (nSPS) is 19.9. The summed E-state index contributed by atoms with van der Waals surface area (Å²) in [5.74, 6) is -0.0150. The highest BCUT2D eigenvalue weighted by Crippen LogP contribution is 2.41. The molecule has 0 bridgehead atoms. The largest absolute Gasteiger partial charge is 0.486 e. The number of hydrogen-bond donors (Lipinski definition) is 1. The molecule has 0 saturated heterocycles. The Labute approximate surface area is 212 Å². The number of rotatable bonds is 5. The van der Waals surface area contributed by atoms with Gasteiger partial charge in [0.05, 0.1) is 31.6 Å². The van der Waals surface area contributed by atoms with Gasteiger partial charge in [0.25, 0.3) is 5.56 Å². The van der Waals surface area contributed by atoms with E-state index in [1.165, 1.54) is 0 Å². The van der Waals surface area contributed by atoms with E-state index < -0.39 is 19.6 Å². The first-order valence-corrected chi connectivity index (χ1v) is 16.1. The van der Waals surface area contributed by atoms with Gasteiger partial charge in [-0.3, -0.25) is 4.79 Å². The average molecular weight is 507 g/mol. The number of para-hydroxylation sites is 1. The number of cyclic esters (lactones) is 1. The molecule has 2 atom stereocenters. The second-order valence-corrected chi connectivity index (χ2v) is 17.3. The summed E-state index contributed by atoms with van der Waals surface area (Å²) in [4.78, 5) is 30.9. The highest BCUT2D eigenvalue weighted by Gasteiger charge is 2.45. The molecular formula is C28H34N2O5Si. The van der Waals surface area contributed by atoms with E-state index in [0.717, 1.165) is 16.5 Å². The van der Waals surface area contributed by atoms with Crippen LogP contribution in [0.15, 0.2) is 35.1 Å². The SMILES string of the molecule is CC[C@@]1(O)C(=O)OCc2c1cc1n(c2=O)Cc2cc3cccc(OC(C)(C)C(C)[Si](C)(C)C)c3nc2-1. The van der Waals surface area contributed by atoms with Crippen molar-refractivity contribution >= 4 is 24.9 Å². The molecular weight excluding hydrogens is 472 g/mol. The van der Waals surface area contributed by atoms with E-state index in [0.29, 0.717) is 40.4 Å². The lowest BCUT2D eigenvalue weighted by molar-refractivity contribution is -0.172. The number of aliphatic hydroxyl groups is 1. The molecule has 7 nitrogen and oxygen atoms in total. The number of carbonyl (C=O) groups is 1. The number of aromatic nitrogens is 2. The summed E-state index contributed by atoms with van der Waals surface area (Å²) in [6.45, 7) is 15.5. The van der Waals surface area contributed by atoms with E-state index in [9.17, 15) is 14.7 Å². The molecule has 0 aliphatic carbocycles. The van der Waals surface area contributed by atoms with Crippen LogP contribution in [0.5, 0.6) is 5.75 Å². The molecule has 2 aromatic heterocycles. The Balaban J connectivity index is 1.66. The zero-order chi connectivity index (χ0) is 26.2. The number of pyridine rings is 2. The van der Waals surface area contributed by atoms with Crippen LogP contribution in [0.3, 0.4) is 0 Å². The van der Waals surface area contributed by atoms with Crippen molar-refractivity contribution in [3.63, 3.8) is 0 Å². The third kappa shape index (κ3) is 3.61. The zero-order valence-corrected chi connectivity index (χ0v) is 23.1. The van der Waals surface area contributed by atoms with E-state index in [-0.39, 0.29) is 24.2 Å². The molecule has 2 aliphatic rings.